The van der Waals surface area contributed by atoms with Gasteiger partial charge in [-0.25, -0.2) is 0 Å². The molecule has 84 valence electrons. The van der Waals surface area contributed by atoms with Gasteiger partial charge >= 0.3 is 0 Å². The van der Waals surface area contributed by atoms with Crippen LogP contribution in [0.25, 0.3) is 0 Å². The summed E-state index contributed by atoms with van der Waals surface area (Å²) in [4.78, 5) is 11.0. The number of nitrogens with zero attached hydrogens (tertiary/aromatic N) is 2. The molecule has 1 atom stereocenters. The first kappa shape index (κ1) is 11.7. The highest BCUT2D eigenvalue weighted by Crippen LogP contribution is 2.03. The van der Waals surface area contributed by atoms with E-state index in [2.05, 4.69) is 10.4 Å². The molecule has 0 fully saturated rings. The molecule has 1 aromatic heterocycles. The smallest absolute Gasteiger partial charge is 0.225 e. The van der Waals surface area contributed by atoms with Crippen LogP contribution in [0.1, 0.15) is 13.3 Å². The lowest BCUT2D eigenvalue weighted by Crippen LogP contribution is -2.20. The quantitative estimate of drug-likeness (QED) is 0.620. The summed E-state index contributed by atoms with van der Waals surface area (Å²) < 4.78 is 1.46. The molecule has 0 bridgehead atoms. The highest BCUT2D eigenvalue weighted by molar-refractivity contribution is 5.89. The summed E-state index contributed by atoms with van der Waals surface area (Å²) >= 11 is 0. The van der Waals surface area contributed by atoms with Crippen LogP contribution in [0, 0.1) is 0 Å². The monoisotopic (exact) mass is 213 g/mol. The molecule has 0 saturated heterocycles. The molecule has 3 N–H and O–H groups in total. The summed E-state index contributed by atoms with van der Waals surface area (Å²) in [5.74, 6) is 0.343. The third-order valence-electron chi connectivity index (χ3n) is 1.84. The zero-order valence-corrected chi connectivity index (χ0v) is 8.55. The van der Waals surface area contributed by atoms with Crippen LogP contribution in [0.2, 0.25) is 0 Å². The van der Waals surface area contributed by atoms with Crippen LogP contribution < -0.4 is 5.32 Å². The highest BCUT2D eigenvalue weighted by Gasteiger charge is 2.06. The molecule has 0 spiro atoms. The molecule has 0 unspecified atom stereocenters. The number of carbonyl (C=O) groups excluding carboxylic acids is 1. The maximum Gasteiger partial charge on any atom is 0.225 e. The van der Waals surface area contributed by atoms with E-state index in [0.717, 1.165) is 0 Å². The van der Waals surface area contributed by atoms with Crippen molar-refractivity contribution in [3.8, 4) is 0 Å². The topological polar surface area (TPSA) is 87.4 Å². The average molecular weight is 213 g/mol. The minimum Gasteiger partial charge on any atom is -0.394 e. The molecule has 1 aromatic rings. The lowest BCUT2D eigenvalue weighted by atomic mass is 10.4. The third kappa shape index (κ3) is 3.69. The van der Waals surface area contributed by atoms with E-state index < -0.39 is 6.10 Å². The molecule has 0 saturated carbocycles. The zero-order valence-electron chi connectivity index (χ0n) is 8.55. The summed E-state index contributed by atoms with van der Waals surface area (Å²) in [7, 11) is 0. The van der Waals surface area contributed by atoms with Crippen molar-refractivity contribution < 1.29 is 15.0 Å². The van der Waals surface area contributed by atoms with Gasteiger partial charge in [-0.1, -0.05) is 6.92 Å². The predicted octanol–water partition coefficient (Wildman–Crippen LogP) is -0.415. The number of carbonyl (C=O) groups is 1. The molecule has 6 nitrogen and oxygen atoms in total. The van der Waals surface area contributed by atoms with Crippen LogP contribution in [0.5, 0.6) is 0 Å². The Hall–Kier alpha value is -1.40. The second-order valence-electron chi connectivity index (χ2n) is 3.16. The summed E-state index contributed by atoms with van der Waals surface area (Å²) in [6.07, 6.45) is 1.19. The molecule has 0 aromatic carbocycles. The van der Waals surface area contributed by atoms with Crippen molar-refractivity contribution in [2.24, 2.45) is 0 Å². The maximum absolute atomic E-state index is 11.0. The summed E-state index contributed by atoms with van der Waals surface area (Å²) in [5.41, 5.74) is 0. The van der Waals surface area contributed by atoms with Gasteiger partial charge in [0.2, 0.25) is 5.91 Å². The summed E-state index contributed by atoms with van der Waals surface area (Å²) in [6, 6.07) is 1.64. The first-order chi connectivity index (χ1) is 7.15. The van der Waals surface area contributed by atoms with E-state index in [9.17, 15) is 4.79 Å². The summed E-state index contributed by atoms with van der Waals surface area (Å²) in [6.45, 7) is 1.65. The van der Waals surface area contributed by atoms with Gasteiger partial charge in [0.15, 0.2) is 5.82 Å². The van der Waals surface area contributed by atoms with Crippen molar-refractivity contribution in [1.82, 2.24) is 9.78 Å². The van der Waals surface area contributed by atoms with Gasteiger partial charge in [-0.2, -0.15) is 5.10 Å². The van der Waals surface area contributed by atoms with Gasteiger partial charge in [-0.15, -0.1) is 0 Å². The Bertz CT molecular complexity index is 324. The lowest BCUT2D eigenvalue weighted by molar-refractivity contribution is -0.115. The second-order valence-corrected chi connectivity index (χ2v) is 3.16. The number of amides is 1. The van der Waals surface area contributed by atoms with Gasteiger partial charge in [0, 0.05) is 18.7 Å². The van der Waals surface area contributed by atoms with E-state index in [1.54, 1.807) is 19.2 Å². The van der Waals surface area contributed by atoms with Gasteiger partial charge in [-0.3, -0.25) is 9.48 Å². The minimum absolute atomic E-state index is 0.108. The molecule has 1 heterocycles. The van der Waals surface area contributed by atoms with E-state index in [-0.39, 0.29) is 19.1 Å². The molecule has 0 aliphatic carbocycles. The standard InChI is InChI=1S/C9H15N3O3/c1-2-9(15)10-8-3-4-12(11-8)5-7(14)6-13/h3-4,7,13-14H,2,5-6H2,1H3,(H,10,11,15)/t7-/m1/s1. The van der Waals surface area contributed by atoms with Crippen molar-refractivity contribution in [2.75, 3.05) is 11.9 Å². The molecule has 15 heavy (non-hydrogen) atoms. The van der Waals surface area contributed by atoms with Gasteiger partial charge in [-0.05, 0) is 0 Å². The van der Waals surface area contributed by atoms with E-state index >= 15 is 0 Å². The van der Waals surface area contributed by atoms with E-state index in [0.29, 0.717) is 12.2 Å². The fourth-order valence-corrected chi connectivity index (χ4v) is 1.03. The fourth-order valence-electron chi connectivity index (χ4n) is 1.03. The molecule has 6 heteroatoms. The van der Waals surface area contributed by atoms with Crippen molar-refractivity contribution >= 4 is 11.7 Å². The van der Waals surface area contributed by atoms with Crippen LogP contribution in [0.3, 0.4) is 0 Å². The van der Waals surface area contributed by atoms with E-state index in [1.165, 1.54) is 4.68 Å². The predicted molar refractivity (Wildman–Crippen MR) is 54.2 cm³/mol. The molecule has 1 amide bonds. The van der Waals surface area contributed by atoms with Gasteiger partial charge < -0.3 is 15.5 Å². The lowest BCUT2D eigenvalue weighted by Gasteiger charge is -2.06. The Labute approximate surface area is 87.5 Å². The van der Waals surface area contributed by atoms with Gasteiger partial charge in [0.1, 0.15) is 0 Å². The van der Waals surface area contributed by atoms with Gasteiger partial charge in [0.25, 0.3) is 0 Å². The van der Waals surface area contributed by atoms with Crippen LogP contribution >= 0.6 is 0 Å². The Balaban J connectivity index is 2.52. The van der Waals surface area contributed by atoms with Crippen molar-refractivity contribution in [3.05, 3.63) is 12.3 Å². The van der Waals surface area contributed by atoms with Crippen LogP contribution in [0.15, 0.2) is 12.3 Å². The number of anilines is 1. The molecule has 0 aliphatic heterocycles. The maximum atomic E-state index is 11.0. The molecule has 0 aliphatic rings. The number of nitrogens with one attached hydrogen (secondary N) is 1. The molecular formula is C9H15N3O3. The Morgan fingerprint density at radius 3 is 3.07 bits per heavy atom. The number of rotatable bonds is 5. The Morgan fingerprint density at radius 2 is 2.47 bits per heavy atom. The van der Waals surface area contributed by atoms with Crippen LogP contribution in [-0.2, 0) is 11.3 Å². The fraction of sp³-hybridized carbons (Fsp3) is 0.556. The summed E-state index contributed by atoms with van der Waals surface area (Å²) in [5, 5.41) is 24.4. The number of hydrogen-bond acceptors (Lipinski definition) is 4. The van der Waals surface area contributed by atoms with E-state index in [4.69, 9.17) is 10.2 Å². The molecular weight excluding hydrogens is 198 g/mol. The SMILES string of the molecule is CCC(=O)Nc1ccn(C[C@@H](O)CO)n1. The Kier molecular flexibility index (Phi) is 4.26. The van der Waals surface area contributed by atoms with Gasteiger partial charge in [0.05, 0.1) is 19.3 Å². The van der Waals surface area contributed by atoms with E-state index in [1.807, 2.05) is 0 Å². The van der Waals surface area contributed by atoms with Crippen LogP contribution in [-0.4, -0.2) is 38.6 Å². The first-order valence-corrected chi connectivity index (χ1v) is 4.78. The zero-order chi connectivity index (χ0) is 11.3. The second kappa shape index (κ2) is 5.47. The van der Waals surface area contributed by atoms with Crippen molar-refractivity contribution in [3.63, 3.8) is 0 Å². The number of aliphatic hydroxyl groups excluding tert-OH is 2. The Morgan fingerprint density at radius 1 is 1.73 bits per heavy atom. The molecule has 1 rings (SSSR count). The average Bonchev–Trinajstić information content (AvgIpc) is 2.65. The highest BCUT2D eigenvalue weighted by atomic mass is 16.3. The third-order valence-corrected chi connectivity index (χ3v) is 1.84. The van der Waals surface area contributed by atoms with Crippen molar-refractivity contribution in [2.45, 2.75) is 26.0 Å². The molecule has 0 radical (unpaired) electrons. The number of aromatic nitrogens is 2. The minimum atomic E-state index is -0.834. The van der Waals surface area contributed by atoms with Crippen molar-refractivity contribution in [1.29, 1.82) is 0 Å². The normalized spacial score (nSPS) is 12.5. The first-order valence-electron chi connectivity index (χ1n) is 4.78. The largest absolute Gasteiger partial charge is 0.394 e. The number of hydrogen-bond donors (Lipinski definition) is 3. The van der Waals surface area contributed by atoms with Crippen LogP contribution in [0.4, 0.5) is 5.82 Å². The number of aliphatic hydroxyl groups is 2.